The number of imide groups is 1. The van der Waals surface area contributed by atoms with Crippen LogP contribution in [0.4, 0.5) is 26.7 Å². The molecule has 8 N–H and O–H groups in total. The number of allylic oxidation sites excluding steroid dienone is 3. The highest BCUT2D eigenvalue weighted by atomic mass is 35.5. The van der Waals surface area contributed by atoms with E-state index < -0.39 is 114 Å². The Morgan fingerprint density at radius 2 is 1.66 bits per heavy atom. The van der Waals surface area contributed by atoms with Crippen molar-refractivity contribution in [3.05, 3.63) is 82.4 Å². The molecule has 27 nitrogen and oxygen atoms in total. The zero-order valence-electron chi connectivity index (χ0n) is 52.9. The summed E-state index contributed by atoms with van der Waals surface area (Å²) in [5.74, 6) is -4.65. The molecule has 28 heteroatoms. The molecule has 5 aliphatic rings. The number of halogens is 1. The summed E-state index contributed by atoms with van der Waals surface area (Å²) in [6.07, 6.45) is 4.21. The van der Waals surface area contributed by atoms with E-state index in [-0.39, 0.29) is 73.3 Å². The Hall–Kier alpha value is -8.11. The van der Waals surface area contributed by atoms with Crippen molar-refractivity contribution in [3.63, 3.8) is 0 Å². The molecule has 496 valence electrons. The summed E-state index contributed by atoms with van der Waals surface area (Å²) >= 11 is 6.87. The zero-order chi connectivity index (χ0) is 66.5. The number of hydrogen-bond acceptors (Lipinski definition) is 18. The number of fused-ring (bicyclic) bond motifs is 5. The Balaban J connectivity index is 1.09. The zero-order valence-corrected chi connectivity index (χ0v) is 53.7. The van der Waals surface area contributed by atoms with E-state index in [1.165, 1.54) is 69.3 Å². The molecule has 0 spiro atoms. The van der Waals surface area contributed by atoms with Crippen LogP contribution in [-0.4, -0.2) is 196 Å². The maximum atomic E-state index is 14.6. The largest absolute Gasteiger partial charge is 0.495 e. The van der Waals surface area contributed by atoms with Gasteiger partial charge in [-0.3, -0.25) is 43.8 Å². The molecule has 3 saturated heterocycles. The summed E-state index contributed by atoms with van der Waals surface area (Å²) in [5, 5.41) is 25.5. The van der Waals surface area contributed by atoms with E-state index in [0.717, 1.165) is 16.0 Å². The van der Waals surface area contributed by atoms with Gasteiger partial charge in [0.05, 0.1) is 49.9 Å². The molecule has 0 saturated carbocycles. The van der Waals surface area contributed by atoms with Crippen LogP contribution in [0.2, 0.25) is 5.02 Å². The number of likely N-dealkylation sites (N-methyl/N-ethyl adjacent to an activating group) is 1. The lowest BCUT2D eigenvalue weighted by Crippen LogP contribution is -2.62. The van der Waals surface area contributed by atoms with Crippen LogP contribution >= 0.6 is 11.6 Å². The molecule has 2 aromatic rings. The third-order valence-electron chi connectivity index (χ3n) is 16.9. The highest BCUT2D eigenvalue weighted by Gasteiger charge is 2.62. The predicted molar refractivity (Wildman–Crippen MR) is 334 cm³/mol. The van der Waals surface area contributed by atoms with Crippen LogP contribution < -0.4 is 46.9 Å². The molecular formula is C63H85ClN10O17. The number of amides is 10. The highest BCUT2D eigenvalue weighted by molar-refractivity contribution is 6.35. The second kappa shape index (κ2) is 31.3. The van der Waals surface area contributed by atoms with E-state index >= 15 is 0 Å². The number of nitrogens with two attached hydrogens (primary N) is 1. The average molecular weight is 1290 g/mol. The SMILES string of the molecule is COc1cc2cc(c1Cl)N(C)C(=O)C[C@H](OC(=O)[C@H](C)N(C)C(=O)c1ccc(NC(=O)[C@H](CCCNC(N)=O)NC(=O)[C@@H](NC(=O)CCCCCN3C(=O)C=CC3=O)C(C)C)c(N3CCOCC3)c1)[C@]1(C)O[C@H]1C[C@@H]1C[C@@](O)(NC(=O)O1)[C@H](OC)/C=C/C=C(\C)C2. The molecule has 5 aliphatic heterocycles. The molecule has 3 fully saturated rings. The number of esters is 1. The van der Waals surface area contributed by atoms with Crippen molar-refractivity contribution in [1.82, 2.24) is 31.1 Å². The lowest BCUT2D eigenvalue weighted by molar-refractivity contribution is -0.158. The smallest absolute Gasteiger partial charge is 0.409 e. The Labute approximate surface area is 534 Å². The summed E-state index contributed by atoms with van der Waals surface area (Å²) in [4.78, 5) is 139. The van der Waals surface area contributed by atoms with Gasteiger partial charge in [-0.25, -0.2) is 14.4 Å². The fraction of sp³-hybridized carbons (Fsp3) is 0.556. The lowest BCUT2D eigenvalue weighted by Gasteiger charge is -2.40. The second-order valence-electron chi connectivity index (χ2n) is 23.9. The standard InChI is InChI=1S/C63H85ClN10O17/c1-36(2)55(69-50(75)18-11-10-12-24-74-51(76)21-22-52(74)77)57(80)68-43(16-14-23-66-60(65)83)56(79)67-42-20-19-40(32-44(42)73-25-27-88-28-26-73)58(81)71(6)38(4)59(82)90-48-34-53(78)72(7)45-30-39(31-46(86-8)54(45)64)29-37(3)15-13-17-47(87-9)63(85)35-41(89-61(84)70-63)33-49-62(48,5)91-49/h13,15,17,19-22,30-32,36,38,41,43,47-49,55,85H,10-12,14,16,18,23-29,33-35H2,1-9H3,(H,67,79)(H,68,80)(H,69,75)(H,70,84)(H3,65,66,83)/b17-13+,37-15+/t38-,41+,43-,47+,48-,49-,55-,62-,63-/m0/s1. The number of epoxide rings is 1. The number of hydrogen-bond donors (Lipinski definition) is 7. The quantitative estimate of drug-likeness (QED) is 0.0359. The first kappa shape index (κ1) is 70.3. The number of anilines is 3. The fourth-order valence-corrected chi connectivity index (χ4v) is 11.6. The summed E-state index contributed by atoms with van der Waals surface area (Å²) in [6, 6.07) is 3.72. The predicted octanol–water partition coefficient (Wildman–Crippen LogP) is 3.92. The van der Waals surface area contributed by atoms with Crippen molar-refractivity contribution in [1.29, 1.82) is 0 Å². The molecule has 0 unspecified atom stereocenters. The van der Waals surface area contributed by atoms with E-state index in [4.69, 9.17) is 45.8 Å². The molecule has 7 rings (SSSR count). The summed E-state index contributed by atoms with van der Waals surface area (Å²) in [6.45, 7) is 10.1. The first-order valence-electron chi connectivity index (χ1n) is 30.5. The third kappa shape index (κ3) is 18.1. The number of rotatable bonds is 23. The van der Waals surface area contributed by atoms with Crippen LogP contribution in [-0.2, 0) is 63.7 Å². The summed E-state index contributed by atoms with van der Waals surface area (Å²) in [7, 11) is 5.79. The number of unbranched alkanes of at least 4 members (excludes halogenated alkanes) is 2. The molecule has 0 aromatic heterocycles. The Morgan fingerprint density at radius 3 is 2.33 bits per heavy atom. The van der Waals surface area contributed by atoms with Crippen LogP contribution in [0.25, 0.3) is 0 Å². The number of alkyl carbamates (subject to hydrolysis) is 1. The monoisotopic (exact) mass is 1290 g/mol. The van der Waals surface area contributed by atoms with Gasteiger partial charge in [0.2, 0.25) is 23.6 Å². The number of carbonyl (C=O) groups is 10. The normalized spacial score (nSPS) is 24.5. The van der Waals surface area contributed by atoms with Crippen molar-refractivity contribution >= 4 is 88.1 Å². The molecule has 4 bridgehead atoms. The number of carbonyl (C=O) groups excluding carboxylic acids is 10. The number of nitrogens with one attached hydrogen (secondary N) is 5. The van der Waals surface area contributed by atoms with Crippen LogP contribution in [0.3, 0.4) is 0 Å². The molecule has 0 aliphatic carbocycles. The number of benzene rings is 2. The van der Waals surface area contributed by atoms with Crippen molar-refractivity contribution in [3.8, 4) is 5.75 Å². The van der Waals surface area contributed by atoms with Crippen molar-refractivity contribution in [2.24, 2.45) is 11.7 Å². The fourth-order valence-electron chi connectivity index (χ4n) is 11.3. The van der Waals surface area contributed by atoms with Gasteiger partial charge in [-0.1, -0.05) is 55.7 Å². The number of aliphatic hydroxyl groups is 1. The van der Waals surface area contributed by atoms with Gasteiger partial charge in [-0.05, 0) is 94.7 Å². The topological polar surface area (TPSA) is 349 Å². The number of methoxy groups -OCH3 is 2. The summed E-state index contributed by atoms with van der Waals surface area (Å²) in [5.41, 5.74) is 4.75. The molecule has 91 heavy (non-hydrogen) atoms. The Kier molecular flexibility index (Phi) is 24.2. The number of urea groups is 1. The van der Waals surface area contributed by atoms with E-state index in [1.54, 1.807) is 51.1 Å². The van der Waals surface area contributed by atoms with Crippen molar-refractivity contribution in [2.45, 2.75) is 153 Å². The minimum Gasteiger partial charge on any atom is -0.495 e. The van der Waals surface area contributed by atoms with Crippen LogP contribution in [0.5, 0.6) is 5.75 Å². The minimum atomic E-state index is -1.91. The van der Waals surface area contributed by atoms with Crippen LogP contribution in [0.1, 0.15) is 108 Å². The molecule has 5 heterocycles. The summed E-state index contributed by atoms with van der Waals surface area (Å²) < 4.78 is 35.1. The second-order valence-corrected chi connectivity index (χ2v) is 24.3. The van der Waals surface area contributed by atoms with Crippen LogP contribution in [0, 0.1) is 5.92 Å². The number of morpholine rings is 1. The van der Waals surface area contributed by atoms with Crippen molar-refractivity contribution in [2.75, 3.05) is 82.8 Å². The molecule has 0 radical (unpaired) electrons. The van der Waals surface area contributed by atoms with Gasteiger partial charge < -0.3 is 75.2 Å². The first-order chi connectivity index (χ1) is 43.2. The maximum Gasteiger partial charge on any atom is 0.409 e. The van der Waals surface area contributed by atoms with Gasteiger partial charge in [0.1, 0.15) is 52.8 Å². The van der Waals surface area contributed by atoms with Gasteiger partial charge in [0.25, 0.3) is 17.7 Å². The van der Waals surface area contributed by atoms with E-state index in [0.29, 0.717) is 69.1 Å². The number of ether oxygens (including phenoxy) is 6. The lowest BCUT2D eigenvalue weighted by atomic mass is 9.90. The first-order valence-corrected chi connectivity index (χ1v) is 30.8. The third-order valence-corrected chi connectivity index (χ3v) is 17.3. The highest BCUT2D eigenvalue weighted by Crippen LogP contribution is 2.47. The van der Waals surface area contributed by atoms with Crippen LogP contribution in [0.15, 0.2) is 66.3 Å². The van der Waals surface area contributed by atoms with Gasteiger partial charge in [0.15, 0.2) is 5.72 Å². The Bertz CT molecular complexity index is 3150. The average Bonchev–Trinajstić information content (AvgIpc) is 1.60. The minimum absolute atomic E-state index is 0.0187. The Morgan fingerprint density at radius 1 is 0.945 bits per heavy atom. The van der Waals surface area contributed by atoms with Gasteiger partial charge >= 0.3 is 18.1 Å². The number of primary amides is 1. The van der Waals surface area contributed by atoms with Gasteiger partial charge in [-0.15, -0.1) is 0 Å². The maximum absolute atomic E-state index is 14.6. The van der Waals surface area contributed by atoms with E-state index in [2.05, 4.69) is 26.6 Å². The van der Waals surface area contributed by atoms with Gasteiger partial charge in [-0.2, -0.15) is 0 Å². The van der Waals surface area contributed by atoms with Crippen molar-refractivity contribution < 1.29 is 81.5 Å². The molecule has 2 aromatic carbocycles. The molecule has 10 amide bonds. The molecular weight excluding hydrogens is 1200 g/mol. The molecule has 9 atom stereocenters. The van der Waals surface area contributed by atoms with Gasteiger partial charge in [0, 0.05) is 84.4 Å². The van der Waals surface area contributed by atoms with E-state index in [9.17, 15) is 53.1 Å². The van der Waals surface area contributed by atoms with E-state index in [1.807, 2.05) is 17.9 Å². The number of nitrogens with zero attached hydrogens (tertiary/aromatic N) is 4.